The summed E-state index contributed by atoms with van der Waals surface area (Å²) in [5.41, 5.74) is 5.19. The van der Waals surface area contributed by atoms with Crippen LogP contribution in [-0.2, 0) is 28.9 Å². The van der Waals surface area contributed by atoms with Crippen LogP contribution in [0.15, 0.2) is 53.3 Å². The molecule has 0 atom stereocenters. The van der Waals surface area contributed by atoms with Crippen LogP contribution in [0.2, 0.25) is 0 Å². The molecule has 0 unspecified atom stereocenters. The van der Waals surface area contributed by atoms with Crippen LogP contribution in [0.3, 0.4) is 0 Å². The Labute approximate surface area is 233 Å². The highest BCUT2D eigenvalue weighted by atomic mass is 16.5. The summed E-state index contributed by atoms with van der Waals surface area (Å²) in [4.78, 5) is 33.2. The van der Waals surface area contributed by atoms with Gasteiger partial charge < -0.3 is 9.64 Å². The van der Waals surface area contributed by atoms with Gasteiger partial charge in [0.1, 0.15) is 5.82 Å². The van der Waals surface area contributed by atoms with Gasteiger partial charge in [-0.05, 0) is 41.7 Å². The van der Waals surface area contributed by atoms with Gasteiger partial charge in [0.25, 0.3) is 5.56 Å². The molecule has 1 aliphatic heterocycles. The Morgan fingerprint density at radius 1 is 1.02 bits per heavy atom. The summed E-state index contributed by atoms with van der Waals surface area (Å²) in [6, 6.07) is 16.1. The van der Waals surface area contributed by atoms with Gasteiger partial charge in [-0.25, -0.2) is 4.98 Å². The Hall–Kier alpha value is -4.18. The normalized spacial score (nSPS) is 13.5. The van der Waals surface area contributed by atoms with E-state index >= 15 is 0 Å². The number of ether oxygens (including phenoxy) is 1. The largest absolute Gasteiger partial charge is 0.378 e. The first-order chi connectivity index (χ1) is 19.5. The molecule has 208 valence electrons. The molecule has 1 amide bonds. The lowest BCUT2D eigenvalue weighted by Crippen LogP contribution is -2.41. The minimum absolute atomic E-state index is 0.0556. The van der Waals surface area contributed by atoms with Crippen molar-refractivity contribution in [3.8, 4) is 22.5 Å². The van der Waals surface area contributed by atoms with Gasteiger partial charge in [0, 0.05) is 42.8 Å². The molecule has 10 heteroatoms. The van der Waals surface area contributed by atoms with Crippen molar-refractivity contribution in [2.45, 2.75) is 52.5 Å². The number of aromatic nitrogens is 6. The molecule has 1 saturated heterocycles. The van der Waals surface area contributed by atoms with Gasteiger partial charge in [0.15, 0.2) is 0 Å². The molecule has 4 aromatic rings. The fraction of sp³-hybridized carbons (Fsp3) is 0.400. The zero-order valence-electron chi connectivity index (χ0n) is 23.1. The number of carbonyl (C=O) groups excluding carboxylic acids is 1. The van der Waals surface area contributed by atoms with Crippen LogP contribution < -0.4 is 5.56 Å². The molecular weight excluding hydrogens is 506 g/mol. The van der Waals surface area contributed by atoms with E-state index in [1.54, 1.807) is 4.57 Å². The van der Waals surface area contributed by atoms with Crippen molar-refractivity contribution in [1.82, 2.24) is 35.1 Å². The number of aryl methyl sites for hydroxylation is 2. The van der Waals surface area contributed by atoms with Gasteiger partial charge in [0.2, 0.25) is 11.7 Å². The molecule has 3 heterocycles. The van der Waals surface area contributed by atoms with Crippen molar-refractivity contribution >= 4 is 5.91 Å². The van der Waals surface area contributed by atoms with E-state index < -0.39 is 0 Å². The predicted octanol–water partition coefficient (Wildman–Crippen LogP) is 3.58. The molecule has 2 aromatic heterocycles. The predicted molar refractivity (Wildman–Crippen MR) is 152 cm³/mol. The molecule has 0 bridgehead atoms. The molecule has 40 heavy (non-hydrogen) atoms. The summed E-state index contributed by atoms with van der Waals surface area (Å²) in [5, 5.41) is 14.5. The third kappa shape index (κ3) is 6.17. The number of nitrogens with zero attached hydrogens (tertiary/aromatic N) is 6. The van der Waals surface area contributed by atoms with Gasteiger partial charge in [0.05, 0.1) is 19.8 Å². The maximum absolute atomic E-state index is 13.8. The topological polar surface area (TPSA) is 119 Å². The molecule has 1 fully saturated rings. The zero-order chi connectivity index (χ0) is 27.9. The number of hydrogen-bond acceptors (Lipinski definition) is 7. The quantitative estimate of drug-likeness (QED) is 0.326. The lowest BCUT2D eigenvalue weighted by Gasteiger charge is -2.27. The SMILES string of the molecule is CCCCc1nc(C)c(CCC(=O)N2CCOCC2)c(=O)n1Cc1ccc(-c2ccccc2-c2nn[nH]n2)cc1. The van der Waals surface area contributed by atoms with E-state index in [9.17, 15) is 9.59 Å². The van der Waals surface area contributed by atoms with Crippen molar-refractivity contribution in [2.75, 3.05) is 26.3 Å². The molecule has 0 radical (unpaired) electrons. The summed E-state index contributed by atoms with van der Waals surface area (Å²) in [7, 11) is 0. The van der Waals surface area contributed by atoms with Crippen LogP contribution >= 0.6 is 0 Å². The minimum Gasteiger partial charge on any atom is -0.378 e. The third-order valence-electron chi connectivity index (χ3n) is 7.37. The number of carbonyl (C=O) groups is 1. The first kappa shape index (κ1) is 27.4. The molecule has 1 N–H and O–H groups in total. The van der Waals surface area contributed by atoms with Crippen molar-refractivity contribution in [1.29, 1.82) is 0 Å². The highest BCUT2D eigenvalue weighted by Gasteiger charge is 2.20. The Morgan fingerprint density at radius 2 is 1.77 bits per heavy atom. The van der Waals surface area contributed by atoms with Gasteiger partial charge in [-0.2, -0.15) is 5.21 Å². The number of rotatable bonds is 10. The van der Waals surface area contributed by atoms with E-state index in [1.165, 1.54) is 0 Å². The van der Waals surface area contributed by atoms with Gasteiger partial charge in [-0.3, -0.25) is 14.2 Å². The van der Waals surface area contributed by atoms with E-state index in [0.29, 0.717) is 57.1 Å². The number of hydrogen-bond donors (Lipinski definition) is 1. The maximum atomic E-state index is 13.8. The lowest BCUT2D eigenvalue weighted by molar-refractivity contribution is -0.135. The van der Waals surface area contributed by atoms with Crippen molar-refractivity contribution < 1.29 is 9.53 Å². The number of aromatic amines is 1. The second-order valence-corrected chi connectivity index (χ2v) is 10.1. The number of benzene rings is 2. The van der Waals surface area contributed by atoms with Crippen LogP contribution in [0.5, 0.6) is 0 Å². The summed E-state index contributed by atoms with van der Waals surface area (Å²) in [6.07, 6.45) is 3.37. The van der Waals surface area contributed by atoms with Crippen LogP contribution in [0.1, 0.15) is 48.8 Å². The fourth-order valence-electron chi connectivity index (χ4n) is 5.11. The van der Waals surface area contributed by atoms with E-state index in [0.717, 1.165) is 53.0 Å². The van der Waals surface area contributed by atoms with Gasteiger partial charge in [-0.1, -0.05) is 61.9 Å². The standard InChI is InChI=1S/C30H35N7O3/c1-3-4-9-27-31-21(2)24(14-15-28(38)36-16-18-40-19-17-36)30(39)37(27)20-22-10-12-23(13-11-22)25-7-5-6-8-26(25)29-32-34-35-33-29/h5-8,10-13H,3-4,9,14-20H2,1-2H3,(H,32,33,34,35). The fourth-order valence-corrected chi connectivity index (χ4v) is 5.11. The van der Waals surface area contributed by atoms with Crippen LogP contribution in [0.4, 0.5) is 0 Å². The Bertz CT molecular complexity index is 1490. The number of unbranched alkanes of at least 4 members (excludes halogenated alkanes) is 1. The molecule has 10 nitrogen and oxygen atoms in total. The van der Waals surface area contributed by atoms with Crippen molar-refractivity contribution in [3.63, 3.8) is 0 Å². The van der Waals surface area contributed by atoms with E-state index in [4.69, 9.17) is 9.72 Å². The van der Waals surface area contributed by atoms with E-state index in [-0.39, 0.29) is 11.5 Å². The molecule has 0 saturated carbocycles. The molecule has 0 aliphatic carbocycles. The minimum atomic E-state index is -0.0556. The average Bonchev–Trinajstić information content (AvgIpc) is 3.53. The van der Waals surface area contributed by atoms with E-state index in [2.05, 4.69) is 39.7 Å². The van der Waals surface area contributed by atoms with Crippen molar-refractivity contribution in [2.24, 2.45) is 0 Å². The van der Waals surface area contributed by atoms with Gasteiger partial charge >= 0.3 is 0 Å². The average molecular weight is 542 g/mol. The first-order valence-electron chi connectivity index (χ1n) is 13.9. The molecule has 0 spiro atoms. The molecule has 5 rings (SSSR count). The molecule has 2 aromatic carbocycles. The van der Waals surface area contributed by atoms with Gasteiger partial charge in [-0.15, -0.1) is 10.2 Å². The zero-order valence-corrected chi connectivity index (χ0v) is 23.1. The van der Waals surface area contributed by atoms with E-state index in [1.807, 2.05) is 48.2 Å². The number of nitrogens with one attached hydrogen (secondary N) is 1. The number of tetrazole rings is 1. The Morgan fingerprint density at radius 3 is 2.48 bits per heavy atom. The van der Waals surface area contributed by atoms with Crippen LogP contribution in [0.25, 0.3) is 22.5 Å². The van der Waals surface area contributed by atoms with Crippen LogP contribution in [-0.4, -0.2) is 67.3 Å². The monoisotopic (exact) mass is 541 g/mol. The van der Waals surface area contributed by atoms with Crippen molar-refractivity contribution in [3.05, 3.63) is 81.5 Å². The maximum Gasteiger partial charge on any atom is 0.257 e. The molecular formula is C30H35N7O3. The lowest BCUT2D eigenvalue weighted by atomic mass is 9.98. The first-order valence-corrected chi connectivity index (χ1v) is 13.9. The second-order valence-electron chi connectivity index (χ2n) is 10.1. The summed E-state index contributed by atoms with van der Waals surface area (Å²) < 4.78 is 7.15. The molecule has 1 aliphatic rings. The highest BCUT2D eigenvalue weighted by Crippen LogP contribution is 2.29. The Balaban J connectivity index is 1.39. The number of amides is 1. The summed E-state index contributed by atoms with van der Waals surface area (Å²) in [5.74, 6) is 1.39. The van der Waals surface area contributed by atoms with Crippen LogP contribution in [0, 0.1) is 6.92 Å². The highest BCUT2D eigenvalue weighted by molar-refractivity contribution is 5.80. The smallest absolute Gasteiger partial charge is 0.257 e. The summed E-state index contributed by atoms with van der Waals surface area (Å²) in [6.45, 7) is 6.76. The summed E-state index contributed by atoms with van der Waals surface area (Å²) >= 11 is 0. The number of morpholine rings is 1. The second kappa shape index (κ2) is 12.8. The third-order valence-corrected chi connectivity index (χ3v) is 7.37. The Kier molecular flexibility index (Phi) is 8.75. The number of H-pyrrole nitrogens is 1.